The van der Waals surface area contributed by atoms with Crippen LogP contribution in [0.4, 0.5) is 0 Å². The predicted molar refractivity (Wildman–Crippen MR) is 69.4 cm³/mol. The molecule has 0 spiro atoms. The van der Waals surface area contributed by atoms with Gasteiger partial charge >= 0.3 is 0 Å². The van der Waals surface area contributed by atoms with Gasteiger partial charge in [-0.05, 0) is 25.1 Å². The average molecular weight is 267 g/mol. The number of ether oxygens (including phenoxy) is 1. The lowest BCUT2D eigenvalue weighted by atomic mass is 10.1. The first-order valence-corrected chi connectivity index (χ1v) is 5.97. The lowest BCUT2D eigenvalue weighted by Gasteiger charge is -2.13. The molecular weight excluding hydrogens is 252 g/mol. The summed E-state index contributed by atoms with van der Waals surface area (Å²) in [5.41, 5.74) is 7.53. The Bertz CT molecular complexity index is 539. The van der Waals surface area contributed by atoms with Crippen molar-refractivity contribution in [3.05, 3.63) is 40.7 Å². The van der Waals surface area contributed by atoms with Gasteiger partial charge in [-0.25, -0.2) is 0 Å². The van der Waals surface area contributed by atoms with Crippen LogP contribution in [0.5, 0.6) is 5.75 Å². The summed E-state index contributed by atoms with van der Waals surface area (Å²) in [5, 5.41) is 8.44. The fourth-order valence-corrected chi connectivity index (χ4v) is 1.80. The molecule has 1 atom stereocenters. The molecule has 1 unspecified atom stereocenters. The van der Waals surface area contributed by atoms with E-state index in [1.165, 1.54) is 0 Å². The maximum Gasteiger partial charge on any atom is 0.134 e. The molecule has 2 rings (SSSR count). The first-order chi connectivity index (χ1) is 8.56. The van der Waals surface area contributed by atoms with Crippen molar-refractivity contribution in [1.29, 1.82) is 0 Å². The van der Waals surface area contributed by atoms with Crippen LogP contribution >= 0.6 is 11.6 Å². The van der Waals surface area contributed by atoms with Crippen LogP contribution in [0.2, 0.25) is 5.02 Å². The molecule has 5 nitrogen and oxygen atoms in total. The van der Waals surface area contributed by atoms with E-state index < -0.39 is 0 Å². The van der Waals surface area contributed by atoms with Gasteiger partial charge in [-0.15, -0.1) is 5.10 Å². The topological polar surface area (TPSA) is 66.0 Å². The second kappa shape index (κ2) is 5.37. The van der Waals surface area contributed by atoms with Crippen LogP contribution in [0.3, 0.4) is 0 Å². The van der Waals surface area contributed by atoms with Gasteiger partial charge in [0.05, 0.1) is 6.20 Å². The maximum absolute atomic E-state index is 5.94. The van der Waals surface area contributed by atoms with E-state index in [-0.39, 0.29) is 6.04 Å². The molecule has 1 aromatic carbocycles. The van der Waals surface area contributed by atoms with Crippen LogP contribution in [0.25, 0.3) is 0 Å². The van der Waals surface area contributed by atoms with Crippen molar-refractivity contribution in [2.24, 2.45) is 12.8 Å². The van der Waals surface area contributed by atoms with E-state index in [1.807, 2.05) is 32.3 Å². The number of hydrogen-bond acceptors (Lipinski definition) is 4. The number of benzene rings is 1. The SMILES string of the molecule is CC(N)c1cc(Cl)ccc1OCc1cn(C)nn1. The minimum absolute atomic E-state index is 0.138. The summed E-state index contributed by atoms with van der Waals surface area (Å²) >= 11 is 5.94. The normalized spacial score (nSPS) is 12.4. The molecule has 2 aromatic rings. The zero-order chi connectivity index (χ0) is 13.1. The molecule has 1 heterocycles. The lowest BCUT2D eigenvalue weighted by molar-refractivity contribution is 0.296. The minimum atomic E-state index is -0.138. The standard InChI is InChI=1S/C12H15ClN4O/c1-8(14)11-5-9(13)3-4-12(11)18-7-10-6-17(2)16-15-10/h3-6,8H,7,14H2,1-2H3. The molecule has 0 radical (unpaired) electrons. The molecule has 1 aromatic heterocycles. The van der Waals surface area contributed by atoms with E-state index in [9.17, 15) is 0 Å². The zero-order valence-corrected chi connectivity index (χ0v) is 11.1. The van der Waals surface area contributed by atoms with Crippen molar-refractivity contribution in [3.8, 4) is 5.75 Å². The highest BCUT2D eigenvalue weighted by Gasteiger charge is 2.10. The van der Waals surface area contributed by atoms with Crippen LogP contribution in [0, 0.1) is 0 Å². The number of aryl methyl sites for hydroxylation is 1. The second-order valence-electron chi connectivity index (χ2n) is 4.14. The molecule has 0 amide bonds. The fraction of sp³-hybridized carbons (Fsp3) is 0.333. The summed E-state index contributed by atoms with van der Waals surface area (Å²) in [6.45, 7) is 2.25. The Hall–Kier alpha value is -1.59. The Balaban J connectivity index is 2.13. The maximum atomic E-state index is 5.94. The molecule has 0 aliphatic carbocycles. The molecular formula is C12H15ClN4O. The quantitative estimate of drug-likeness (QED) is 0.920. The average Bonchev–Trinajstić information content (AvgIpc) is 2.73. The summed E-state index contributed by atoms with van der Waals surface area (Å²) in [4.78, 5) is 0. The number of halogens is 1. The summed E-state index contributed by atoms with van der Waals surface area (Å²) in [7, 11) is 1.81. The van der Waals surface area contributed by atoms with E-state index in [0.717, 1.165) is 17.0 Å². The van der Waals surface area contributed by atoms with Gasteiger partial charge in [0, 0.05) is 23.7 Å². The Labute approximate surface area is 111 Å². The number of aromatic nitrogens is 3. The Morgan fingerprint density at radius 2 is 2.28 bits per heavy atom. The van der Waals surface area contributed by atoms with E-state index in [4.69, 9.17) is 22.1 Å². The van der Waals surface area contributed by atoms with E-state index in [2.05, 4.69) is 10.3 Å². The van der Waals surface area contributed by atoms with Gasteiger partial charge in [0.25, 0.3) is 0 Å². The van der Waals surface area contributed by atoms with Gasteiger partial charge in [0.1, 0.15) is 18.1 Å². The monoisotopic (exact) mass is 266 g/mol. The van der Waals surface area contributed by atoms with Crippen molar-refractivity contribution in [3.63, 3.8) is 0 Å². The highest BCUT2D eigenvalue weighted by Crippen LogP contribution is 2.27. The van der Waals surface area contributed by atoms with E-state index >= 15 is 0 Å². The Kier molecular flexibility index (Phi) is 3.84. The Morgan fingerprint density at radius 1 is 1.50 bits per heavy atom. The molecule has 0 saturated heterocycles. The molecule has 18 heavy (non-hydrogen) atoms. The van der Waals surface area contributed by atoms with Gasteiger partial charge in [-0.2, -0.15) is 0 Å². The van der Waals surface area contributed by atoms with Gasteiger partial charge in [0.2, 0.25) is 0 Å². The molecule has 6 heteroatoms. The molecule has 0 aliphatic rings. The highest BCUT2D eigenvalue weighted by atomic mass is 35.5. The van der Waals surface area contributed by atoms with Gasteiger partial charge in [-0.1, -0.05) is 16.8 Å². The fourth-order valence-electron chi connectivity index (χ4n) is 1.62. The largest absolute Gasteiger partial charge is 0.487 e. The summed E-state index contributed by atoms with van der Waals surface area (Å²) < 4.78 is 7.33. The lowest BCUT2D eigenvalue weighted by Crippen LogP contribution is -2.08. The molecule has 0 fully saturated rings. The van der Waals surface area contributed by atoms with Crippen LogP contribution in [0.15, 0.2) is 24.4 Å². The van der Waals surface area contributed by atoms with Gasteiger partial charge < -0.3 is 10.5 Å². The molecule has 96 valence electrons. The number of hydrogen-bond donors (Lipinski definition) is 1. The molecule has 2 N–H and O–H groups in total. The van der Waals surface area contributed by atoms with Gasteiger partial charge in [-0.3, -0.25) is 4.68 Å². The number of nitrogens with zero attached hydrogens (tertiary/aromatic N) is 3. The van der Waals surface area contributed by atoms with E-state index in [1.54, 1.807) is 10.7 Å². The molecule has 0 bridgehead atoms. The first kappa shape index (κ1) is 12.9. The minimum Gasteiger partial charge on any atom is -0.487 e. The predicted octanol–water partition coefficient (Wildman–Crippen LogP) is 2.07. The first-order valence-electron chi connectivity index (χ1n) is 5.59. The van der Waals surface area contributed by atoms with Crippen LogP contribution in [-0.2, 0) is 13.7 Å². The summed E-state index contributed by atoms with van der Waals surface area (Å²) in [5.74, 6) is 0.722. The van der Waals surface area contributed by atoms with Crippen molar-refractivity contribution < 1.29 is 4.74 Å². The molecule has 0 aliphatic heterocycles. The van der Waals surface area contributed by atoms with Crippen LogP contribution in [-0.4, -0.2) is 15.0 Å². The number of nitrogens with two attached hydrogens (primary N) is 1. The number of rotatable bonds is 4. The van der Waals surface area contributed by atoms with E-state index in [0.29, 0.717) is 11.6 Å². The van der Waals surface area contributed by atoms with Gasteiger partial charge in [0.15, 0.2) is 0 Å². The van der Waals surface area contributed by atoms with Crippen molar-refractivity contribution >= 4 is 11.6 Å². The third-order valence-electron chi connectivity index (χ3n) is 2.49. The summed E-state index contributed by atoms with van der Waals surface area (Å²) in [6, 6.07) is 5.27. The smallest absolute Gasteiger partial charge is 0.134 e. The molecule has 0 saturated carbocycles. The van der Waals surface area contributed by atoms with Crippen molar-refractivity contribution in [2.45, 2.75) is 19.6 Å². The van der Waals surface area contributed by atoms with Crippen LogP contribution in [0.1, 0.15) is 24.2 Å². The zero-order valence-electron chi connectivity index (χ0n) is 10.3. The highest BCUT2D eigenvalue weighted by molar-refractivity contribution is 6.30. The van der Waals surface area contributed by atoms with Crippen molar-refractivity contribution in [2.75, 3.05) is 0 Å². The third kappa shape index (κ3) is 3.00. The van der Waals surface area contributed by atoms with Crippen molar-refractivity contribution in [1.82, 2.24) is 15.0 Å². The van der Waals surface area contributed by atoms with Crippen LogP contribution < -0.4 is 10.5 Å². The summed E-state index contributed by atoms with van der Waals surface area (Å²) in [6.07, 6.45) is 1.81. The second-order valence-corrected chi connectivity index (χ2v) is 4.58. The Morgan fingerprint density at radius 3 is 2.89 bits per heavy atom. The third-order valence-corrected chi connectivity index (χ3v) is 2.72.